The fourth-order valence-corrected chi connectivity index (χ4v) is 8.24. The molecule has 0 radical (unpaired) electrons. The van der Waals surface area contributed by atoms with Crippen LogP contribution in [0.3, 0.4) is 0 Å². The Hall–Kier alpha value is -4.34. The van der Waals surface area contributed by atoms with Crippen LogP contribution in [0.5, 0.6) is 11.5 Å². The zero-order chi connectivity index (χ0) is 37.3. The van der Waals surface area contributed by atoms with E-state index in [1.807, 2.05) is 78.9 Å². The minimum Gasteiger partial charge on any atom is -0.497 e. The summed E-state index contributed by atoms with van der Waals surface area (Å²) >= 11 is 0. The number of methoxy groups -OCH3 is 2. The third-order valence-corrected chi connectivity index (χ3v) is 11.0. The highest BCUT2D eigenvalue weighted by Gasteiger charge is 2.45. The molecule has 1 aliphatic rings. The summed E-state index contributed by atoms with van der Waals surface area (Å²) in [5.41, 5.74) is 0.352. The van der Waals surface area contributed by atoms with Gasteiger partial charge in [0.25, 0.3) is 14.1 Å². The van der Waals surface area contributed by atoms with E-state index >= 15 is 0 Å². The average molecular weight is 733 g/mol. The molecular formula is C39H47N4O8P. The Morgan fingerprint density at radius 2 is 1.52 bits per heavy atom. The molecule has 0 saturated carbocycles. The molecule has 276 valence electrons. The number of hydrogen-bond donors (Lipinski definition) is 1. The van der Waals surface area contributed by atoms with E-state index < -0.39 is 43.8 Å². The molecule has 1 N–H and O–H groups in total. The Balaban J connectivity index is 1.59. The fraction of sp³-hybridized carbons (Fsp3) is 0.410. The highest BCUT2D eigenvalue weighted by molar-refractivity contribution is 7.44. The quantitative estimate of drug-likeness (QED) is 0.0727. The summed E-state index contributed by atoms with van der Waals surface area (Å²) in [5.74, 6) is 1.40. The topological polar surface area (TPSA) is 137 Å². The number of H-pyrrole nitrogens is 1. The predicted molar refractivity (Wildman–Crippen MR) is 198 cm³/mol. The van der Waals surface area contributed by atoms with Crippen LogP contribution in [0.25, 0.3) is 0 Å². The van der Waals surface area contributed by atoms with Gasteiger partial charge in [-0.2, -0.15) is 5.26 Å². The van der Waals surface area contributed by atoms with Crippen LogP contribution in [0.15, 0.2) is 101 Å². The van der Waals surface area contributed by atoms with Gasteiger partial charge in [0.2, 0.25) is 0 Å². The van der Waals surface area contributed by atoms with Gasteiger partial charge in [0.1, 0.15) is 29.4 Å². The van der Waals surface area contributed by atoms with Crippen LogP contribution in [0.1, 0.15) is 63.5 Å². The fourth-order valence-electron chi connectivity index (χ4n) is 6.48. The van der Waals surface area contributed by atoms with Gasteiger partial charge in [-0.25, -0.2) is 9.46 Å². The summed E-state index contributed by atoms with van der Waals surface area (Å²) in [5, 5.41) is 9.27. The van der Waals surface area contributed by atoms with Crippen molar-refractivity contribution in [1.82, 2.24) is 14.2 Å². The second-order valence-corrected chi connectivity index (χ2v) is 14.3. The number of aromatic nitrogens is 2. The van der Waals surface area contributed by atoms with Crippen LogP contribution >= 0.6 is 8.53 Å². The zero-order valence-electron chi connectivity index (χ0n) is 30.4. The molecule has 12 nitrogen and oxygen atoms in total. The van der Waals surface area contributed by atoms with Crippen LogP contribution < -0.4 is 20.7 Å². The smallest absolute Gasteiger partial charge is 0.330 e. The Kier molecular flexibility index (Phi) is 13.4. The number of rotatable bonds is 17. The standard InChI is InChI=1S/C39H47N4O8P/c1-27(2)43(28(3)4)52(49-24-10-22-40)51-34-25-37(42-23-21-36(44)41-38(42)45)50-35(34)26-48-39(29-11-8-7-9-12-29,30-13-17-32(46-5)18-14-30)31-15-19-33(47-6)20-16-31/h7-9,11-21,23,27-28,34-35,37H,10,24-26H2,1-6H3,(H,41,44,45)/t34-,35+,37+,52?/m0/s1/i38+2. The molecule has 0 spiro atoms. The van der Waals surface area contributed by atoms with Gasteiger partial charge < -0.3 is 28.0 Å². The Morgan fingerprint density at radius 1 is 0.942 bits per heavy atom. The maximum Gasteiger partial charge on any atom is 0.330 e. The molecule has 13 heteroatoms. The molecule has 3 aromatic carbocycles. The monoisotopic (exact) mass is 732 g/mol. The summed E-state index contributed by atoms with van der Waals surface area (Å²) in [7, 11) is 1.59. The number of hydrogen-bond acceptors (Lipinski definition) is 10. The second-order valence-electron chi connectivity index (χ2n) is 12.9. The average Bonchev–Trinajstić information content (AvgIpc) is 3.54. The Labute approximate surface area is 305 Å². The SMILES string of the molecule is COc1ccc(C(OC[C@H]2O[C@@H](n3ccc(=O)[nH][14c]3=O)C[C@@H]2OP(OCCC#N)N(C(C)C)C(C)C)(c2ccccc2)c2ccc(OC)cc2)cc1. The van der Waals surface area contributed by atoms with Gasteiger partial charge >= 0.3 is 5.69 Å². The van der Waals surface area contributed by atoms with Gasteiger partial charge in [0.05, 0.1) is 46.0 Å². The molecule has 1 saturated heterocycles. The highest BCUT2D eigenvalue weighted by atomic mass is 31.2. The van der Waals surface area contributed by atoms with E-state index in [9.17, 15) is 14.9 Å². The van der Waals surface area contributed by atoms with E-state index in [1.54, 1.807) is 14.2 Å². The largest absolute Gasteiger partial charge is 0.497 e. The van der Waals surface area contributed by atoms with E-state index in [0.717, 1.165) is 16.7 Å². The van der Waals surface area contributed by atoms with Crippen LogP contribution in [-0.4, -0.2) is 65.9 Å². The predicted octanol–water partition coefficient (Wildman–Crippen LogP) is 6.51. The van der Waals surface area contributed by atoms with Crippen LogP contribution in [0, 0.1) is 11.3 Å². The van der Waals surface area contributed by atoms with E-state index in [-0.39, 0.29) is 38.1 Å². The van der Waals surface area contributed by atoms with Gasteiger partial charge in [0, 0.05) is 30.8 Å². The van der Waals surface area contributed by atoms with Crippen molar-refractivity contribution in [2.24, 2.45) is 0 Å². The molecule has 4 atom stereocenters. The maximum absolute atomic E-state index is 13.0. The molecular weight excluding hydrogens is 685 g/mol. The normalized spacial score (nSPS) is 18.1. The molecule has 5 rings (SSSR count). The second kappa shape index (κ2) is 17.9. The number of nitrogens with one attached hydrogen (secondary N) is 1. The van der Waals surface area contributed by atoms with Gasteiger partial charge in [-0.15, -0.1) is 0 Å². The number of benzene rings is 3. The molecule has 1 unspecified atom stereocenters. The number of ether oxygens (including phenoxy) is 4. The van der Waals surface area contributed by atoms with Crippen molar-refractivity contribution in [3.63, 3.8) is 0 Å². The summed E-state index contributed by atoms with van der Waals surface area (Å²) in [4.78, 5) is 27.2. The third-order valence-electron chi connectivity index (χ3n) is 8.87. The first-order chi connectivity index (χ1) is 25.1. The lowest BCUT2D eigenvalue weighted by Crippen LogP contribution is -2.39. The Morgan fingerprint density at radius 3 is 2.04 bits per heavy atom. The number of nitriles is 1. The summed E-state index contributed by atoms with van der Waals surface area (Å²) in [6.07, 6.45) is -0.146. The number of aromatic amines is 1. The third kappa shape index (κ3) is 8.81. The molecule has 0 amide bonds. The Bertz CT molecular complexity index is 1820. The lowest BCUT2D eigenvalue weighted by Gasteiger charge is -2.39. The van der Waals surface area contributed by atoms with Crippen molar-refractivity contribution in [3.8, 4) is 17.6 Å². The first-order valence-electron chi connectivity index (χ1n) is 17.3. The van der Waals surface area contributed by atoms with Crippen LogP contribution in [0.2, 0.25) is 0 Å². The van der Waals surface area contributed by atoms with Crippen molar-refractivity contribution >= 4 is 8.53 Å². The first kappa shape index (κ1) is 38.9. The van der Waals surface area contributed by atoms with Gasteiger partial charge in [-0.05, 0) is 68.7 Å². The maximum atomic E-state index is 13.0. The molecule has 1 aliphatic heterocycles. The molecule has 1 aromatic heterocycles. The van der Waals surface area contributed by atoms with E-state index in [4.69, 9.17) is 28.0 Å². The van der Waals surface area contributed by atoms with Crippen molar-refractivity contribution in [3.05, 3.63) is 129 Å². The molecule has 1 fully saturated rings. The molecule has 52 heavy (non-hydrogen) atoms. The van der Waals surface area contributed by atoms with Gasteiger partial charge in [0.15, 0.2) is 0 Å². The zero-order valence-corrected chi connectivity index (χ0v) is 31.3. The van der Waals surface area contributed by atoms with Crippen LogP contribution in [0.4, 0.5) is 0 Å². The number of nitrogens with zero attached hydrogens (tertiary/aromatic N) is 3. The molecule has 0 bridgehead atoms. The lowest BCUT2D eigenvalue weighted by molar-refractivity contribution is -0.0925. The molecule has 0 aliphatic carbocycles. The van der Waals surface area contributed by atoms with E-state index in [1.165, 1.54) is 16.8 Å². The highest BCUT2D eigenvalue weighted by Crippen LogP contribution is 2.50. The first-order valence-corrected chi connectivity index (χ1v) is 18.4. The lowest BCUT2D eigenvalue weighted by atomic mass is 9.80. The summed E-state index contributed by atoms with van der Waals surface area (Å²) in [6.45, 7) is 8.51. The van der Waals surface area contributed by atoms with Crippen molar-refractivity contribution in [2.45, 2.75) is 76.7 Å². The van der Waals surface area contributed by atoms with Crippen molar-refractivity contribution in [1.29, 1.82) is 5.26 Å². The minimum atomic E-state index is -1.66. The summed E-state index contributed by atoms with van der Waals surface area (Å²) < 4.78 is 41.4. The van der Waals surface area contributed by atoms with Crippen LogP contribution in [-0.2, 0) is 24.1 Å². The summed E-state index contributed by atoms with van der Waals surface area (Å²) in [6, 6.07) is 29.0. The minimum absolute atomic E-state index is 0.0386. The van der Waals surface area contributed by atoms with Gasteiger partial charge in [-0.1, -0.05) is 54.6 Å². The molecule has 2 heterocycles. The van der Waals surface area contributed by atoms with Crippen molar-refractivity contribution < 1.29 is 28.0 Å². The van der Waals surface area contributed by atoms with E-state index in [2.05, 4.69) is 43.4 Å². The van der Waals surface area contributed by atoms with Crippen molar-refractivity contribution in [2.75, 3.05) is 27.4 Å². The van der Waals surface area contributed by atoms with Gasteiger partial charge in [-0.3, -0.25) is 14.3 Å². The van der Waals surface area contributed by atoms with E-state index in [0.29, 0.717) is 11.5 Å². The molecule has 4 aromatic rings.